The molecule has 2 fully saturated rings. The van der Waals surface area contributed by atoms with E-state index in [9.17, 15) is 4.79 Å². The van der Waals surface area contributed by atoms with Gasteiger partial charge in [-0.2, -0.15) is 0 Å². The summed E-state index contributed by atoms with van der Waals surface area (Å²) in [7, 11) is 1.80. The number of carbonyl (C=O) groups is 1. The van der Waals surface area contributed by atoms with Crippen molar-refractivity contribution in [2.45, 2.75) is 31.4 Å². The lowest BCUT2D eigenvalue weighted by Gasteiger charge is -2.55. The second-order valence-electron chi connectivity index (χ2n) is 7.67. The van der Waals surface area contributed by atoms with Crippen LogP contribution >= 0.6 is 24.8 Å². The number of fused-ring (bicyclic) bond motifs is 2. The predicted octanol–water partition coefficient (Wildman–Crippen LogP) is 3.19. The maximum Gasteiger partial charge on any atom is 0.267 e. The molecule has 0 aromatic carbocycles. The Morgan fingerprint density at radius 3 is 2.55 bits per heavy atom. The molecule has 2 bridgehead atoms. The van der Waals surface area contributed by atoms with Crippen molar-refractivity contribution < 1.29 is 9.53 Å². The van der Waals surface area contributed by atoms with Gasteiger partial charge < -0.3 is 10.5 Å². The molecule has 2 aromatic heterocycles. The van der Waals surface area contributed by atoms with E-state index in [1.807, 2.05) is 30.6 Å². The summed E-state index contributed by atoms with van der Waals surface area (Å²) in [6.45, 7) is 2.84. The number of nitrogens with zero attached hydrogens (tertiary/aromatic N) is 3. The number of carbonyl (C=O) groups excluding carboxylic acids is 1. The fourth-order valence-corrected chi connectivity index (χ4v) is 5.13. The van der Waals surface area contributed by atoms with Crippen LogP contribution in [0.3, 0.4) is 0 Å². The fraction of sp³-hybridized carbons (Fsp3) is 0.476. The predicted molar refractivity (Wildman–Crippen MR) is 116 cm³/mol. The van der Waals surface area contributed by atoms with E-state index in [1.165, 1.54) is 12.0 Å². The number of amides is 1. The first-order valence-electron chi connectivity index (χ1n) is 9.56. The molecule has 1 saturated heterocycles. The molecule has 2 N–H and O–H groups in total. The van der Waals surface area contributed by atoms with Gasteiger partial charge in [0, 0.05) is 57.2 Å². The normalized spacial score (nSPS) is 26.1. The summed E-state index contributed by atoms with van der Waals surface area (Å²) in [6, 6.07) is 7.93. The molecule has 4 rings (SSSR count). The molecule has 3 heterocycles. The summed E-state index contributed by atoms with van der Waals surface area (Å²) in [5, 5.41) is 0. The van der Waals surface area contributed by atoms with Gasteiger partial charge >= 0.3 is 0 Å². The number of hydrogen-bond donors (Lipinski definition) is 1. The molecule has 1 aliphatic heterocycles. The van der Waals surface area contributed by atoms with Gasteiger partial charge in [0.25, 0.3) is 5.91 Å². The molecule has 158 valence electrons. The van der Waals surface area contributed by atoms with Crippen molar-refractivity contribution >= 4 is 30.7 Å². The average molecular weight is 439 g/mol. The number of hydrogen-bond acceptors (Lipinski definition) is 5. The van der Waals surface area contributed by atoms with E-state index in [1.54, 1.807) is 13.3 Å². The lowest BCUT2D eigenvalue weighted by atomic mass is 9.62. The standard InChI is InChI=1S/C21H26N4O2.2ClH/c1-27-21(16-7-9-24-19(10-16)20(22)26)17-5-2-6-18(21)14-25(13-17)12-15-4-3-8-23-11-15;;/h3-4,7-11,17-18H,2,5-6,12-14H2,1H3,(H2,22,26);2*1H/t17-,18+,21?;;. The first-order valence-corrected chi connectivity index (χ1v) is 9.56. The zero-order valence-electron chi connectivity index (χ0n) is 16.5. The molecule has 0 radical (unpaired) electrons. The van der Waals surface area contributed by atoms with Crippen LogP contribution in [-0.4, -0.2) is 41.0 Å². The first kappa shape index (κ1) is 23.5. The molecule has 8 heteroatoms. The van der Waals surface area contributed by atoms with Gasteiger partial charge in [0.1, 0.15) is 11.3 Å². The van der Waals surface area contributed by atoms with Gasteiger partial charge in [-0.15, -0.1) is 24.8 Å². The minimum absolute atomic E-state index is 0. The zero-order valence-corrected chi connectivity index (χ0v) is 18.1. The van der Waals surface area contributed by atoms with Crippen molar-refractivity contribution in [2.75, 3.05) is 20.2 Å². The van der Waals surface area contributed by atoms with E-state index in [4.69, 9.17) is 10.5 Å². The minimum atomic E-state index is -0.498. The first-order chi connectivity index (χ1) is 13.1. The molecule has 6 nitrogen and oxygen atoms in total. The van der Waals surface area contributed by atoms with E-state index in [-0.39, 0.29) is 30.4 Å². The van der Waals surface area contributed by atoms with E-state index < -0.39 is 5.91 Å². The summed E-state index contributed by atoms with van der Waals surface area (Å²) in [4.78, 5) is 22.5. The number of halogens is 2. The van der Waals surface area contributed by atoms with Crippen LogP contribution in [0.2, 0.25) is 0 Å². The highest BCUT2D eigenvalue weighted by Crippen LogP contribution is 2.51. The molecular formula is C21H28Cl2N4O2. The van der Waals surface area contributed by atoms with Gasteiger partial charge in [0.05, 0.1) is 0 Å². The van der Waals surface area contributed by atoms with Gasteiger partial charge in [-0.3, -0.25) is 19.7 Å². The minimum Gasteiger partial charge on any atom is -0.373 e. The van der Waals surface area contributed by atoms with Crippen molar-refractivity contribution in [3.8, 4) is 0 Å². The van der Waals surface area contributed by atoms with Crippen LogP contribution < -0.4 is 5.73 Å². The Kier molecular flexibility index (Phi) is 8.00. The molecule has 29 heavy (non-hydrogen) atoms. The Morgan fingerprint density at radius 2 is 1.97 bits per heavy atom. The van der Waals surface area contributed by atoms with Crippen molar-refractivity contribution in [3.63, 3.8) is 0 Å². The number of pyridine rings is 2. The summed E-state index contributed by atoms with van der Waals surface area (Å²) in [5.41, 5.74) is 7.66. The maximum absolute atomic E-state index is 11.6. The lowest BCUT2D eigenvalue weighted by Crippen LogP contribution is -2.58. The molecule has 1 amide bonds. The van der Waals surface area contributed by atoms with E-state index in [0.29, 0.717) is 17.5 Å². The summed E-state index contributed by atoms with van der Waals surface area (Å²) >= 11 is 0. The number of ether oxygens (including phenoxy) is 1. The topological polar surface area (TPSA) is 81.3 Å². The van der Waals surface area contributed by atoms with Crippen molar-refractivity contribution in [2.24, 2.45) is 17.6 Å². The number of aromatic nitrogens is 2. The third kappa shape index (κ3) is 4.40. The largest absolute Gasteiger partial charge is 0.373 e. The molecule has 1 saturated carbocycles. The number of primary amides is 1. The highest BCUT2D eigenvalue weighted by molar-refractivity contribution is 5.90. The summed E-state index contributed by atoms with van der Waals surface area (Å²) in [6.07, 6.45) is 8.87. The Balaban J connectivity index is 0.00000150. The van der Waals surface area contributed by atoms with Gasteiger partial charge in [-0.05, 0) is 42.2 Å². The lowest BCUT2D eigenvalue weighted by molar-refractivity contribution is -0.170. The van der Waals surface area contributed by atoms with Crippen LogP contribution in [0.15, 0.2) is 42.9 Å². The number of nitrogens with two attached hydrogens (primary N) is 1. The van der Waals surface area contributed by atoms with Crippen molar-refractivity contribution in [3.05, 3.63) is 59.7 Å². The highest BCUT2D eigenvalue weighted by Gasteiger charge is 2.53. The van der Waals surface area contributed by atoms with E-state index >= 15 is 0 Å². The molecule has 3 atom stereocenters. The van der Waals surface area contributed by atoms with Crippen LogP contribution in [0.25, 0.3) is 0 Å². The average Bonchev–Trinajstić information content (AvgIpc) is 2.68. The van der Waals surface area contributed by atoms with E-state index in [0.717, 1.165) is 38.0 Å². The molecule has 2 aromatic rings. The third-order valence-electron chi connectivity index (χ3n) is 6.21. The van der Waals surface area contributed by atoms with Gasteiger partial charge in [0.2, 0.25) is 0 Å². The zero-order chi connectivity index (χ0) is 18.9. The number of likely N-dealkylation sites (tertiary alicyclic amines) is 1. The number of rotatable bonds is 5. The van der Waals surface area contributed by atoms with Crippen LogP contribution in [0.1, 0.15) is 40.9 Å². The van der Waals surface area contributed by atoms with Gasteiger partial charge in [-0.1, -0.05) is 12.5 Å². The Bertz CT molecular complexity index is 807. The summed E-state index contributed by atoms with van der Waals surface area (Å²) < 4.78 is 6.25. The molecule has 1 unspecified atom stereocenters. The number of piperidine rings is 1. The van der Waals surface area contributed by atoms with E-state index in [2.05, 4.69) is 20.9 Å². The molecule has 0 spiro atoms. The third-order valence-corrected chi connectivity index (χ3v) is 6.21. The van der Waals surface area contributed by atoms with Gasteiger partial charge in [0.15, 0.2) is 0 Å². The Morgan fingerprint density at radius 1 is 1.24 bits per heavy atom. The maximum atomic E-state index is 11.6. The second-order valence-corrected chi connectivity index (χ2v) is 7.67. The van der Waals surface area contributed by atoms with Crippen LogP contribution in [0.5, 0.6) is 0 Å². The fourth-order valence-electron chi connectivity index (χ4n) is 5.13. The summed E-state index contributed by atoms with van der Waals surface area (Å²) in [5.74, 6) is 0.242. The second kappa shape index (κ2) is 9.85. The smallest absolute Gasteiger partial charge is 0.267 e. The van der Waals surface area contributed by atoms with Crippen molar-refractivity contribution in [1.29, 1.82) is 0 Å². The molecular weight excluding hydrogens is 411 g/mol. The molecule has 2 aliphatic rings. The van der Waals surface area contributed by atoms with Crippen LogP contribution in [0.4, 0.5) is 0 Å². The van der Waals surface area contributed by atoms with Crippen LogP contribution in [-0.2, 0) is 16.9 Å². The molecule has 1 aliphatic carbocycles. The monoisotopic (exact) mass is 438 g/mol. The van der Waals surface area contributed by atoms with Crippen LogP contribution in [0, 0.1) is 11.8 Å². The van der Waals surface area contributed by atoms with Crippen molar-refractivity contribution in [1.82, 2.24) is 14.9 Å². The SMILES string of the molecule is COC1(c2ccnc(C(N)=O)c2)[C@@H]2CCC[C@H]1CN(Cc1cccnc1)C2.Cl.Cl. The highest BCUT2D eigenvalue weighted by atomic mass is 35.5. The number of methoxy groups -OCH3 is 1. The quantitative estimate of drug-likeness (QED) is 0.774. The Hall–Kier alpha value is -1.73. The van der Waals surface area contributed by atoms with Gasteiger partial charge in [-0.25, -0.2) is 0 Å². The Labute approximate surface area is 184 Å².